The lowest BCUT2D eigenvalue weighted by atomic mass is 10.1. The molecule has 0 aliphatic heterocycles. The Hall–Kier alpha value is -0.890. The van der Waals surface area contributed by atoms with Crippen molar-refractivity contribution in [3.05, 3.63) is 22.7 Å². The summed E-state index contributed by atoms with van der Waals surface area (Å²) in [6, 6.07) is 0.506. The average Bonchev–Trinajstić information content (AvgIpc) is 2.59. The largest absolute Gasteiger partial charge is 0.345 e. The van der Waals surface area contributed by atoms with Gasteiger partial charge in [0.05, 0.1) is 6.67 Å². The highest BCUT2D eigenvalue weighted by molar-refractivity contribution is 9.11. The Morgan fingerprint density at radius 3 is 2.58 bits per heavy atom. The van der Waals surface area contributed by atoms with E-state index in [0.717, 1.165) is 38.3 Å². The van der Waals surface area contributed by atoms with Gasteiger partial charge >= 0.3 is 0 Å². The van der Waals surface area contributed by atoms with Gasteiger partial charge < -0.3 is 15.5 Å². The van der Waals surface area contributed by atoms with Crippen LogP contribution < -0.4 is 16.6 Å². The molecule has 6 nitrogen and oxygen atoms in total. The molecule has 24 heavy (non-hydrogen) atoms. The van der Waals surface area contributed by atoms with Crippen LogP contribution in [0.25, 0.3) is 0 Å². The maximum absolute atomic E-state index is 5.51. The molecule has 0 aromatic heterocycles. The van der Waals surface area contributed by atoms with Crippen LogP contribution in [0.1, 0.15) is 33.1 Å². The fraction of sp³-hybridized carbons (Fsp3) is 0.706. The van der Waals surface area contributed by atoms with Crippen molar-refractivity contribution in [1.82, 2.24) is 20.7 Å². The second kappa shape index (κ2) is 14.5. The Kier molecular flexibility index (Phi) is 13.9. The molecule has 0 aromatic rings. The Labute approximate surface area is 156 Å². The Balaban J connectivity index is 4.35. The second-order valence-corrected chi connectivity index (χ2v) is 6.35. The van der Waals surface area contributed by atoms with Crippen molar-refractivity contribution in [3.8, 4) is 0 Å². The van der Waals surface area contributed by atoms with Gasteiger partial charge in [-0.25, -0.2) is 10.4 Å². The quantitative estimate of drug-likeness (QED) is 0.214. The SMILES string of the molecule is CC/C(=C\C=C\Br)CCN(C)C(C)CCN(C)/C(=N/CN)NNC. The van der Waals surface area contributed by atoms with E-state index < -0.39 is 0 Å². The van der Waals surface area contributed by atoms with E-state index in [4.69, 9.17) is 5.73 Å². The van der Waals surface area contributed by atoms with E-state index in [0.29, 0.717) is 6.04 Å². The molecule has 0 aliphatic rings. The van der Waals surface area contributed by atoms with Crippen LogP contribution in [0.15, 0.2) is 27.7 Å². The molecule has 140 valence electrons. The van der Waals surface area contributed by atoms with Crippen LogP contribution in [0.2, 0.25) is 0 Å². The van der Waals surface area contributed by atoms with Gasteiger partial charge in [-0.15, -0.1) is 0 Å². The second-order valence-electron chi connectivity index (χ2n) is 5.83. The molecule has 0 fully saturated rings. The zero-order valence-electron chi connectivity index (χ0n) is 15.8. The summed E-state index contributed by atoms with van der Waals surface area (Å²) in [6.45, 7) is 6.74. The number of nitrogens with two attached hydrogens (primary N) is 1. The first-order chi connectivity index (χ1) is 11.5. The molecule has 0 aliphatic carbocycles. The predicted octanol–water partition coefficient (Wildman–Crippen LogP) is 2.26. The van der Waals surface area contributed by atoms with Crippen molar-refractivity contribution in [2.75, 3.05) is 40.9 Å². The van der Waals surface area contributed by atoms with Gasteiger partial charge in [-0.2, -0.15) is 0 Å². The molecule has 0 amide bonds. The van der Waals surface area contributed by atoms with Gasteiger partial charge in [0, 0.05) is 33.2 Å². The molecule has 0 bridgehead atoms. The van der Waals surface area contributed by atoms with Crippen LogP contribution >= 0.6 is 15.9 Å². The lowest BCUT2D eigenvalue weighted by Crippen LogP contribution is -2.46. The number of nitrogens with one attached hydrogen (secondary N) is 2. The first-order valence-corrected chi connectivity index (χ1v) is 9.45. The average molecular weight is 403 g/mol. The summed E-state index contributed by atoms with van der Waals surface area (Å²) in [6.07, 6.45) is 7.50. The first kappa shape index (κ1) is 23.1. The van der Waals surface area contributed by atoms with Crippen LogP contribution in [0.4, 0.5) is 0 Å². The van der Waals surface area contributed by atoms with E-state index >= 15 is 0 Å². The molecule has 0 rings (SSSR count). The molecule has 1 atom stereocenters. The standard InChI is InChI=1S/C17H35BrN6/c1-6-16(8-7-11-18)10-13-23(4)15(2)9-12-24(5)17(21-14-19)22-20-3/h7-8,11,15,20H,6,9-10,12-14,19H2,1-5H3,(H,21,22)/b11-7+,16-8+. The molecular formula is C17H35BrN6. The lowest BCUT2D eigenvalue weighted by Gasteiger charge is -2.28. The predicted molar refractivity (Wildman–Crippen MR) is 109 cm³/mol. The lowest BCUT2D eigenvalue weighted by molar-refractivity contribution is 0.236. The summed E-state index contributed by atoms with van der Waals surface area (Å²) in [4.78, 5) is 10.7. The molecule has 0 aromatic carbocycles. The number of rotatable bonds is 11. The summed E-state index contributed by atoms with van der Waals surface area (Å²) in [5.74, 6) is 0.771. The summed E-state index contributed by atoms with van der Waals surface area (Å²) < 4.78 is 0. The number of hydrogen-bond donors (Lipinski definition) is 3. The van der Waals surface area contributed by atoms with Crippen molar-refractivity contribution >= 4 is 21.9 Å². The highest BCUT2D eigenvalue weighted by Gasteiger charge is 2.12. The highest BCUT2D eigenvalue weighted by Crippen LogP contribution is 2.11. The van der Waals surface area contributed by atoms with E-state index in [1.807, 2.05) is 25.2 Å². The summed E-state index contributed by atoms with van der Waals surface area (Å²) in [5.41, 5.74) is 12.9. The van der Waals surface area contributed by atoms with Crippen LogP contribution in [0.3, 0.4) is 0 Å². The van der Waals surface area contributed by atoms with Gasteiger partial charge in [0.2, 0.25) is 5.96 Å². The van der Waals surface area contributed by atoms with E-state index in [1.54, 1.807) is 0 Å². The molecule has 1 unspecified atom stereocenters. The van der Waals surface area contributed by atoms with Gasteiger partial charge in [0.15, 0.2) is 0 Å². The highest BCUT2D eigenvalue weighted by atomic mass is 79.9. The Morgan fingerprint density at radius 1 is 1.33 bits per heavy atom. The van der Waals surface area contributed by atoms with Crippen molar-refractivity contribution in [2.45, 2.75) is 39.2 Å². The third kappa shape index (κ3) is 10.1. The summed E-state index contributed by atoms with van der Waals surface area (Å²) in [7, 11) is 6.04. The molecule has 7 heteroatoms. The van der Waals surface area contributed by atoms with Gasteiger partial charge in [0.25, 0.3) is 0 Å². The number of halogens is 1. The van der Waals surface area contributed by atoms with Crippen LogP contribution in [0, 0.1) is 0 Å². The molecular weight excluding hydrogens is 368 g/mol. The van der Waals surface area contributed by atoms with Crippen LogP contribution in [-0.4, -0.2) is 62.7 Å². The normalized spacial score (nSPS) is 14.5. The van der Waals surface area contributed by atoms with Gasteiger partial charge in [-0.05, 0) is 38.2 Å². The van der Waals surface area contributed by atoms with Crippen molar-refractivity contribution < 1.29 is 0 Å². The maximum atomic E-state index is 5.51. The molecule has 4 N–H and O–H groups in total. The Morgan fingerprint density at radius 2 is 2.04 bits per heavy atom. The minimum Gasteiger partial charge on any atom is -0.345 e. The van der Waals surface area contributed by atoms with E-state index in [1.165, 1.54) is 5.57 Å². The third-order valence-electron chi connectivity index (χ3n) is 4.12. The third-order valence-corrected chi connectivity index (χ3v) is 4.42. The molecule has 0 saturated heterocycles. The molecule has 0 spiro atoms. The van der Waals surface area contributed by atoms with E-state index in [9.17, 15) is 0 Å². The number of hydrogen-bond acceptors (Lipinski definition) is 4. The van der Waals surface area contributed by atoms with Crippen LogP contribution in [-0.2, 0) is 0 Å². The number of hydrazine groups is 1. The van der Waals surface area contributed by atoms with Gasteiger partial charge in [-0.3, -0.25) is 5.43 Å². The molecule has 0 radical (unpaired) electrons. The van der Waals surface area contributed by atoms with Crippen molar-refractivity contribution in [3.63, 3.8) is 0 Å². The minimum atomic E-state index is 0.277. The minimum absolute atomic E-state index is 0.277. The molecule has 0 heterocycles. The summed E-state index contributed by atoms with van der Waals surface area (Å²) >= 11 is 3.31. The topological polar surface area (TPSA) is 68.9 Å². The van der Waals surface area contributed by atoms with Crippen molar-refractivity contribution in [2.24, 2.45) is 10.7 Å². The Bertz CT molecular complexity index is 408. The number of nitrogens with zero attached hydrogens (tertiary/aromatic N) is 3. The number of allylic oxidation sites excluding steroid dienone is 2. The zero-order valence-corrected chi connectivity index (χ0v) is 17.4. The first-order valence-electron chi connectivity index (χ1n) is 8.53. The van der Waals surface area contributed by atoms with Crippen LogP contribution in [0.5, 0.6) is 0 Å². The molecule has 0 saturated carbocycles. The zero-order chi connectivity index (χ0) is 18.4. The van der Waals surface area contributed by atoms with Gasteiger partial charge in [0.1, 0.15) is 0 Å². The smallest absolute Gasteiger partial charge is 0.209 e. The summed E-state index contributed by atoms with van der Waals surface area (Å²) in [5, 5.41) is 0. The monoisotopic (exact) mass is 402 g/mol. The fourth-order valence-electron chi connectivity index (χ4n) is 2.25. The van der Waals surface area contributed by atoms with E-state index in [2.05, 4.69) is 68.5 Å². The van der Waals surface area contributed by atoms with Crippen molar-refractivity contribution in [1.29, 1.82) is 0 Å². The van der Waals surface area contributed by atoms with Gasteiger partial charge in [-0.1, -0.05) is 40.6 Å². The van der Waals surface area contributed by atoms with E-state index in [-0.39, 0.29) is 6.67 Å². The fourth-order valence-corrected chi connectivity index (χ4v) is 2.40. The number of aliphatic imine (C=N–C) groups is 1. The number of guanidine groups is 1. The maximum Gasteiger partial charge on any atom is 0.209 e.